The number of benzene rings is 1. The third kappa shape index (κ3) is 3.20. The van der Waals surface area contributed by atoms with Crippen LogP contribution in [0.15, 0.2) is 24.8 Å². The van der Waals surface area contributed by atoms with Crippen molar-refractivity contribution in [1.29, 1.82) is 0 Å². The Morgan fingerprint density at radius 2 is 2.13 bits per heavy atom. The van der Waals surface area contributed by atoms with Crippen LogP contribution in [0.1, 0.15) is 25.0 Å². The third-order valence-corrected chi connectivity index (χ3v) is 2.09. The Bertz CT molecular complexity index is 383. The molecule has 0 aliphatic heterocycles. The topological polar surface area (TPSA) is 43.1 Å². The van der Waals surface area contributed by atoms with E-state index in [1.807, 2.05) is 6.07 Å². The van der Waals surface area contributed by atoms with Gasteiger partial charge in [-0.1, -0.05) is 32.6 Å². The number of rotatable bonds is 4. The summed E-state index contributed by atoms with van der Waals surface area (Å²) in [6.07, 6.45) is 2.49. The summed E-state index contributed by atoms with van der Waals surface area (Å²) in [4.78, 5) is 10.3. The van der Waals surface area contributed by atoms with Crippen molar-refractivity contribution in [2.24, 2.45) is 5.92 Å². The smallest absolute Gasteiger partial charge is 0.258 e. The van der Waals surface area contributed by atoms with Crippen LogP contribution in [0.4, 0.5) is 5.69 Å². The van der Waals surface area contributed by atoms with Crippen molar-refractivity contribution in [3.8, 4) is 0 Å². The number of non-ortho nitro benzene ring substituents is 1. The molecule has 0 aliphatic carbocycles. The van der Waals surface area contributed by atoms with E-state index < -0.39 is 0 Å². The SMILES string of the molecule is C=Cc1cc(CC(C)C)cc([N+](=O)[O-])c1. The minimum Gasteiger partial charge on any atom is -0.258 e. The van der Waals surface area contributed by atoms with Crippen LogP contribution in [0.3, 0.4) is 0 Å². The van der Waals surface area contributed by atoms with Crippen LogP contribution in [-0.2, 0) is 6.42 Å². The van der Waals surface area contributed by atoms with Crippen molar-refractivity contribution in [1.82, 2.24) is 0 Å². The highest BCUT2D eigenvalue weighted by molar-refractivity contribution is 5.53. The summed E-state index contributed by atoms with van der Waals surface area (Å²) >= 11 is 0. The molecule has 1 rings (SSSR count). The molecule has 0 fully saturated rings. The van der Waals surface area contributed by atoms with Crippen molar-refractivity contribution in [3.05, 3.63) is 46.0 Å². The van der Waals surface area contributed by atoms with Gasteiger partial charge in [0.1, 0.15) is 0 Å². The molecule has 1 aromatic carbocycles. The molecule has 80 valence electrons. The van der Waals surface area contributed by atoms with E-state index in [1.165, 1.54) is 6.07 Å². The first-order chi connectivity index (χ1) is 7.02. The lowest BCUT2D eigenvalue weighted by atomic mass is 10.0. The van der Waals surface area contributed by atoms with Gasteiger partial charge >= 0.3 is 0 Å². The lowest BCUT2D eigenvalue weighted by molar-refractivity contribution is -0.384. The quantitative estimate of drug-likeness (QED) is 0.558. The summed E-state index contributed by atoms with van der Waals surface area (Å²) in [6, 6.07) is 5.11. The second-order valence-electron chi connectivity index (χ2n) is 3.99. The standard InChI is InChI=1S/C12H15NO2/c1-4-10-6-11(5-9(2)3)8-12(7-10)13(14)15/h4,6-9H,1,5H2,2-3H3. The van der Waals surface area contributed by atoms with E-state index in [4.69, 9.17) is 0 Å². The van der Waals surface area contributed by atoms with Crippen LogP contribution in [0.25, 0.3) is 6.08 Å². The van der Waals surface area contributed by atoms with Crippen LogP contribution in [0, 0.1) is 16.0 Å². The average Bonchev–Trinajstić information content (AvgIpc) is 2.16. The minimum atomic E-state index is -0.364. The predicted octanol–water partition coefficient (Wildman–Crippen LogP) is 3.44. The number of nitro benzene ring substituents is 1. The first-order valence-electron chi connectivity index (χ1n) is 4.93. The summed E-state index contributed by atoms with van der Waals surface area (Å²) in [5.41, 5.74) is 1.94. The van der Waals surface area contributed by atoms with Gasteiger partial charge in [-0.3, -0.25) is 10.1 Å². The van der Waals surface area contributed by atoms with Crippen molar-refractivity contribution < 1.29 is 4.92 Å². The molecule has 3 heteroatoms. The first-order valence-corrected chi connectivity index (χ1v) is 4.93. The van der Waals surface area contributed by atoms with Gasteiger partial charge in [-0.25, -0.2) is 0 Å². The van der Waals surface area contributed by atoms with Crippen LogP contribution >= 0.6 is 0 Å². The van der Waals surface area contributed by atoms with E-state index in [0.29, 0.717) is 5.92 Å². The summed E-state index contributed by atoms with van der Waals surface area (Å²) in [6.45, 7) is 7.81. The molecule has 0 amide bonds. The largest absolute Gasteiger partial charge is 0.270 e. The zero-order chi connectivity index (χ0) is 11.4. The summed E-state index contributed by atoms with van der Waals surface area (Å²) in [7, 11) is 0. The monoisotopic (exact) mass is 205 g/mol. The Kier molecular flexibility index (Phi) is 3.61. The van der Waals surface area contributed by atoms with E-state index in [9.17, 15) is 10.1 Å². The molecule has 0 radical (unpaired) electrons. The van der Waals surface area contributed by atoms with Crippen molar-refractivity contribution in [2.75, 3.05) is 0 Å². The molecule has 0 atom stereocenters. The van der Waals surface area contributed by atoms with Crippen LogP contribution < -0.4 is 0 Å². The summed E-state index contributed by atoms with van der Waals surface area (Å²) < 4.78 is 0. The van der Waals surface area contributed by atoms with E-state index in [2.05, 4.69) is 20.4 Å². The molecule has 0 saturated carbocycles. The van der Waals surface area contributed by atoms with Gasteiger partial charge in [-0.05, 0) is 23.5 Å². The molecule has 0 N–H and O–H groups in total. The maximum absolute atomic E-state index is 10.7. The molecular weight excluding hydrogens is 190 g/mol. The number of nitrogens with zero attached hydrogens (tertiary/aromatic N) is 1. The second-order valence-corrected chi connectivity index (χ2v) is 3.99. The van der Waals surface area contributed by atoms with Gasteiger partial charge in [0.05, 0.1) is 4.92 Å². The lowest BCUT2D eigenvalue weighted by Gasteiger charge is -2.05. The highest BCUT2D eigenvalue weighted by Gasteiger charge is 2.09. The fourth-order valence-corrected chi connectivity index (χ4v) is 1.51. The van der Waals surface area contributed by atoms with Crippen LogP contribution in [0.2, 0.25) is 0 Å². The van der Waals surface area contributed by atoms with E-state index in [1.54, 1.807) is 12.1 Å². The maximum Gasteiger partial charge on any atom is 0.270 e. The van der Waals surface area contributed by atoms with Gasteiger partial charge in [0.2, 0.25) is 0 Å². The zero-order valence-electron chi connectivity index (χ0n) is 9.06. The van der Waals surface area contributed by atoms with Gasteiger partial charge in [-0.2, -0.15) is 0 Å². The average molecular weight is 205 g/mol. The molecule has 0 aromatic heterocycles. The Labute approximate surface area is 89.6 Å². The number of hydrogen-bond donors (Lipinski definition) is 0. The first kappa shape index (κ1) is 11.4. The Balaban J connectivity index is 3.11. The number of nitro groups is 1. The minimum absolute atomic E-state index is 0.142. The van der Waals surface area contributed by atoms with Gasteiger partial charge < -0.3 is 0 Å². The molecule has 0 bridgehead atoms. The van der Waals surface area contributed by atoms with E-state index >= 15 is 0 Å². The van der Waals surface area contributed by atoms with Gasteiger partial charge in [0, 0.05) is 12.1 Å². The van der Waals surface area contributed by atoms with Crippen molar-refractivity contribution in [2.45, 2.75) is 20.3 Å². The van der Waals surface area contributed by atoms with Crippen molar-refractivity contribution in [3.63, 3.8) is 0 Å². The predicted molar refractivity (Wildman–Crippen MR) is 61.7 cm³/mol. The molecule has 0 unspecified atom stereocenters. The van der Waals surface area contributed by atoms with Crippen molar-refractivity contribution >= 4 is 11.8 Å². The van der Waals surface area contributed by atoms with Gasteiger partial charge in [-0.15, -0.1) is 0 Å². The molecule has 0 spiro atoms. The molecule has 0 saturated heterocycles. The number of hydrogen-bond acceptors (Lipinski definition) is 2. The molecule has 0 heterocycles. The fraction of sp³-hybridized carbons (Fsp3) is 0.333. The lowest BCUT2D eigenvalue weighted by Crippen LogP contribution is -1.97. The highest BCUT2D eigenvalue weighted by atomic mass is 16.6. The van der Waals surface area contributed by atoms with E-state index in [-0.39, 0.29) is 10.6 Å². The fourth-order valence-electron chi connectivity index (χ4n) is 1.51. The summed E-state index contributed by atoms with van der Waals surface area (Å²) in [5, 5.41) is 10.7. The molecule has 0 aliphatic rings. The van der Waals surface area contributed by atoms with Gasteiger partial charge in [0.25, 0.3) is 5.69 Å². The maximum atomic E-state index is 10.7. The summed E-state index contributed by atoms with van der Waals surface area (Å²) in [5.74, 6) is 0.490. The Morgan fingerprint density at radius 3 is 2.60 bits per heavy atom. The Hall–Kier alpha value is -1.64. The Morgan fingerprint density at radius 1 is 1.47 bits per heavy atom. The van der Waals surface area contributed by atoms with Crippen LogP contribution in [0.5, 0.6) is 0 Å². The van der Waals surface area contributed by atoms with E-state index in [0.717, 1.165) is 17.5 Å². The highest BCUT2D eigenvalue weighted by Crippen LogP contribution is 2.20. The third-order valence-electron chi connectivity index (χ3n) is 2.09. The molecular formula is C12H15NO2. The van der Waals surface area contributed by atoms with Gasteiger partial charge in [0.15, 0.2) is 0 Å². The normalized spacial score (nSPS) is 10.3. The molecule has 3 nitrogen and oxygen atoms in total. The van der Waals surface area contributed by atoms with Crippen LogP contribution in [-0.4, -0.2) is 4.92 Å². The molecule has 1 aromatic rings. The second kappa shape index (κ2) is 4.73. The zero-order valence-corrected chi connectivity index (χ0v) is 9.06. The molecule has 15 heavy (non-hydrogen) atoms.